The van der Waals surface area contributed by atoms with Gasteiger partial charge in [0.05, 0.1) is 14.2 Å². The van der Waals surface area contributed by atoms with Crippen LogP contribution in [0.15, 0.2) is 24.3 Å². The highest BCUT2D eigenvalue weighted by Gasteiger charge is 2.51. The smallest absolute Gasteiger partial charge is 0.0605 e. The minimum atomic E-state index is -1.30. The first-order valence-electron chi connectivity index (χ1n) is 6.51. The Bertz CT molecular complexity index is 438. The lowest BCUT2D eigenvalue weighted by atomic mass is 10.0. The average molecular weight is 247 g/mol. The molecule has 3 atom stereocenters. The minimum Gasteiger partial charge on any atom is -0.393 e. The van der Waals surface area contributed by atoms with E-state index in [1.54, 1.807) is 0 Å². The summed E-state index contributed by atoms with van der Waals surface area (Å²) in [5.41, 5.74) is 3.19. The molecule has 0 saturated carbocycles. The first-order chi connectivity index (χ1) is 7.98. The molecule has 3 heteroatoms. The van der Waals surface area contributed by atoms with Crippen LogP contribution in [0, 0.1) is 0 Å². The van der Waals surface area contributed by atoms with Crippen molar-refractivity contribution < 1.29 is 5.11 Å². The van der Waals surface area contributed by atoms with Gasteiger partial charge in [0.2, 0.25) is 0 Å². The zero-order valence-corrected chi connectivity index (χ0v) is 11.9. The first-order valence-corrected chi connectivity index (χ1v) is 10.1. The van der Waals surface area contributed by atoms with Crippen molar-refractivity contribution >= 4 is 13.8 Å². The SMILES string of the molecule is C[Si](C)(C)[C@@H]1[C@H](O)Cc2ccccc2N2C[C@@H]12. The van der Waals surface area contributed by atoms with Crippen LogP contribution in [0.3, 0.4) is 0 Å². The molecule has 2 nitrogen and oxygen atoms in total. The van der Waals surface area contributed by atoms with E-state index < -0.39 is 8.07 Å². The van der Waals surface area contributed by atoms with Crippen LogP contribution in [0.5, 0.6) is 0 Å². The van der Waals surface area contributed by atoms with Gasteiger partial charge in [0, 0.05) is 30.2 Å². The Kier molecular flexibility index (Phi) is 2.39. The quantitative estimate of drug-likeness (QED) is 0.609. The van der Waals surface area contributed by atoms with Gasteiger partial charge < -0.3 is 10.0 Å². The molecule has 1 N–H and O–H groups in total. The van der Waals surface area contributed by atoms with E-state index >= 15 is 0 Å². The predicted molar refractivity (Wildman–Crippen MR) is 74.4 cm³/mol. The molecule has 3 rings (SSSR count). The van der Waals surface area contributed by atoms with Crippen LogP contribution in [0.2, 0.25) is 25.2 Å². The molecule has 0 aliphatic carbocycles. The second-order valence-corrected chi connectivity index (χ2v) is 11.9. The predicted octanol–water partition coefficient (Wildman–Crippen LogP) is 2.50. The average Bonchev–Trinajstić information content (AvgIpc) is 2.95. The van der Waals surface area contributed by atoms with Crippen LogP contribution >= 0.6 is 0 Å². The molecule has 1 saturated heterocycles. The second-order valence-electron chi connectivity index (χ2n) is 6.51. The van der Waals surface area contributed by atoms with E-state index in [4.69, 9.17) is 0 Å². The lowest BCUT2D eigenvalue weighted by Crippen LogP contribution is -2.40. The number of hydrogen-bond acceptors (Lipinski definition) is 2. The van der Waals surface area contributed by atoms with Gasteiger partial charge in [-0.25, -0.2) is 0 Å². The monoisotopic (exact) mass is 247 g/mol. The van der Waals surface area contributed by atoms with E-state index in [-0.39, 0.29) is 6.10 Å². The lowest BCUT2D eigenvalue weighted by molar-refractivity contribution is 0.164. The minimum absolute atomic E-state index is 0.152. The van der Waals surface area contributed by atoms with E-state index in [9.17, 15) is 5.11 Å². The number of fused-ring (bicyclic) bond motifs is 3. The van der Waals surface area contributed by atoms with Crippen molar-refractivity contribution in [3.63, 3.8) is 0 Å². The summed E-state index contributed by atoms with van der Waals surface area (Å²) in [7, 11) is -1.30. The van der Waals surface area contributed by atoms with Gasteiger partial charge in [-0.1, -0.05) is 37.8 Å². The number of rotatable bonds is 1. The van der Waals surface area contributed by atoms with Crippen molar-refractivity contribution in [1.82, 2.24) is 0 Å². The summed E-state index contributed by atoms with van der Waals surface area (Å²) in [5, 5.41) is 10.5. The zero-order valence-electron chi connectivity index (χ0n) is 10.9. The van der Waals surface area contributed by atoms with Gasteiger partial charge in [-0.05, 0) is 11.6 Å². The number of benzene rings is 1. The number of aliphatic hydroxyl groups is 1. The van der Waals surface area contributed by atoms with Gasteiger partial charge in [-0.15, -0.1) is 0 Å². The molecule has 17 heavy (non-hydrogen) atoms. The first kappa shape index (κ1) is 11.3. The van der Waals surface area contributed by atoms with E-state index in [1.165, 1.54) is 11.3 Å². The molecule has 2 heterocycles. The summed E-state index contributed by atoms with van der Waals surface area (Å²) >= 11 is 0. The third-order valence-corrected chi connectivity index (χ3v) is 6.98. The second kappa shape index (κ2) is 3.59. The fraction of sp³-hybridized carbons (Fsp3) is 0.571. The number of para-hydroxylation sites is 1. The van der Waals surface area contributed by atoms with Crippen molar-refractivity contribution in [3.8, 4) is 0 Å². The van der Waals surface area contributed by atoms with Crippen LogP contribution in [0.4, 0.5) is 5.69 Å². The highest BCUT2D eigenvalue weighted by molar-refractivity contribution is 6.78. The topological polar surface area (TPSA) is 23.2 Å². The molecule has 0 unspecified atom stereocenters. The standard InChI is InChI=1S/C14H21NOSi/c1-17(2,3)14-12-9-15(12)11-7-5-4-6-10(11)8-13(14)16/h4-7,12-14,16H,8-9H2,1-3H3/t12-,13+,14-,15?/m0/s1. The summed E-state index contributed by atoms with van der Waals surface area (Å²) < 4.78 is 0. The van der Waals surface area contributed by atoms with Crippen molar-refractivity contribution in [2.24, 2.45) is 0 Å². The van der Waals surface area contributed by atoms with Crippen molar-refractivity contribution in [2.75, 3.05) is 11.4 Å². The Balaban J connectivity index is 1.99. The molecule has 1 aromatic rings. The molecule has 0 radical (unpaired) electrons. The molecule has 1 fully saturated rings. The van der Waals surface area contributed by atoms with Crippen LogP contribution in [0.1, 0.15) is 5.56 Å². The zero-order chi connectivity index (χ0) is 12.2. The highest BCUT2D eigenvalue weighted by Crippen LogP contribution is 2.47. The molecule has 0 bridgehead atoms. The van der Waals surface area contributed by atoms with Crippen LogP contribution < -0.4 is 4.90 Å². The van der Waals surface area contributed by atoms with Crippen molar-refractivity contribution in [2.45, 2.75) is 43.7 Å². The Morgan fingerprint density at radius 3 is 2.65 bits per heavy atom. The fourth-order valence-corrected chi connectivity index (χ4v) is 6.18. The van der Waals surface area contributed by atoms with Crippen LogP contribution in [-0.4, -0.2) is 31.9 Å². The highest BCUT2D eigenvalue weighted by atomic mass is 28.3. The molecule has 0 amide bonds. The van der Waals surface area contributed by atoms with Crippen LogP contribution in [0.25, 0.3) is 0 Å². The molecule has 0 aromatic heterocycles. The summed E-state index contributed by atoms with van der Waals surface area (Å²) in [6, 6.07) is 9.16. The molecule has 1 aromatic carbocycles. The van der Waals surface area contributed by atoms with Gasteiger partial charge in [-0.3, -0.25) is 0 Å². The third kappa shape index (κ3) is 1.81. The Morgan fingerprint density at radius 1 is 1.24 bits per heavy atom. The van der Waals surface area contributed by atoms with Gasteiger partial charge in [0.25, 0.3) is 0 Å². The maximum atomic E-state index is 10.5. The van der Waals surface area contributed by atoms with Gasteiger partial charge >= 0.3 is 0 Å². The van der Waals surface area contributed by atoms with E-state index in [0.717, 1.165) is 13.0 Å². The van der Waals surface area contributed by atoms with Crippen molar-refractivity contribution in [1.29, 1.82) is 0 Å². The third-order valence-electron chi connectivity index (χ3n) is 4.21. The summed E-state index contributed by atoms with van der Waals surface area (Å²) in [5.74, 6) is 0. The van der Waals surface area contributed by atoms with Gasteiger partial charge in [0.1, 0.15) is 0 Å². The number of anilines is 1. The molecule has 2 aliphatic rings. The Hall–Kier alpha value is -0.803. The normalized spacial score (nSPS) is 31.5. The van der Waals surface area contributed by atoms with Crippen LogP contribution in [-0.2, 0) is 6.42 Å². The molecule has 92 valence electrons. The number of nitrogens with zero attached hydrogens (tertiary/aromatic N) is 1. The summed E-state index contributed by atoms with van der Waals surface area (Å²) in [6.07, 6.45) is 0.679. The van der Waals surface area contributed by atoms with E-state index in [0.29, 0.717) is 11.6 Å². The molecule has 0 spiro atoms. The molecular weight excluding hydrogens is 226 g/mol. The summed E-state index contributed by atoms with van der Waals surface area (Å²) in [6.45, 7) is 8.29. The number of hydrogen-bond donors (Lipinski definition) is 1. The van der Waals surface area contributed by atoms with E-state index in [2.05, 4.69) is 48.8 Å². The lowest BCUT2D eigenvalue weighted by Gasteiger charge is -2.31. The maximum absolute atomic E-state index is 10.5. The van der Waals surface area contributed by atoms with E-state index in [1.807, 2.05) is 0 Å². The number of aliphatic hydroxyl groups excluding tert-OH is 1. The summed E-state index contributed by atoms with van der Waals surface area (Å²) in [4.78, 5) is 2.48. The molecular formula is C14H21NOSi. The Morgan fingerprint density at radius 2 is 1.94 bits per heavy atom. The largest absolute Gasteiger partial charge is 0.393 e. The Labute approximate surface area is 104 Å². The molecule has 2 aliphatic heterocycles. The van der Waals surface area contributed by atoms with Gasteiger partial charge in [-0.2, -0.15) is 0 Å². The fourth-order valence-electron chi connectivity index (χ4n) is 3.47. The van der Waals surface area contributed by atoms with Crippen molar-refractivity contribution in [3.05, 3.63) is 29.8 Å². The van der Waals surface area contributed by atoms with Gasteiger partial charge in [0.15, 0.2) is 0 Å². The maximum Gasteiger partial charge on any atom is 0.0605 e.